The van der Waals surface area contributed by atoms with Crippen LogP contribution in [-0.2, 0) is 12.8 Å². The predicted octanol–water partition coefficient (Wildman–Crippen LogP) is 3.49. The quantitative estimate of drug-likeness (QED) is 0.859. The molecule has 2 heterocycles. The van der Waals surface area contributed by atoms with Gasteiger partial charge < -0.3 is 10.6 Å². The first-order valence-corrected chi connectivity index (χ1v) is 7.85. The first-order valence-electron chi connectivity index (χ1n) is 6.97. The highest BCUT2D eigenvalue weighted by molar-refractivity contribution is 7.12. The summed E-state index contributed by atoms with van der Waals surface area (Å²) in [7, 11) is 0. The maximum atomic E-state index is 12.8. The smallest absolute Gasteiger partial charge is 0.268 e. The Morgan fingerprint density at radius 1 is 1.40 bits per heavy atom. The molecule has 2 N–H and O–H groups in total. The van der Waals surface area contributed by atoms with Gasteiger partial charge >= 0.3 is 0 Å². The number of carbonyl (C=O) groups excluding carboxylic acids is 1. The third-order valence-corrected chi connectivity index (χ3v) is 4.73. The first kappa shape index (κ1) is 13.2. The Morgan fingerprint density at radius 3 is 3.05 bits per heavy atom. The fraction of sp³-hybridized carbons (Fsp3) is 0.312. The fourth-order valence-corrected chi connectivity index (χ4v) is 3.70. The second kappa shape index (κ2) is 5.29. The SMILES string of the molecule is CCc1ccsc1C(=O)N1CCCc2cc(N)ccc21. The number of nitrogen functional groups attached to an aromatic ring is 1. The number of anilines is 2. The van der Waals surface area contributed by atoms with Crippen LogP contribution in [0.1, 0.15) is 34.1 Å². The van der Waals surface area contributed by atoms with Gasteiger partial charge in [0.25, 0.3) is 5.91 Å². The van der Waals surface area contributed by atoms with E-state index in [2.05, 4.69) is 6.92 Å². The summed E-state index contributed by atoms with van der Waals surface area (Å²) in [6.45, 7) is 2.88. The van der Waals surface area contributed by atoms with Gasteiger partial charge in [-0.15, -0.1) is 11.3 Å². The molecule has 0 radical (unpaired) electrons. The van der Waals surface area contributed by atoms with Gasteiger partial charge in [0.15, 0.2) is 0 Å². The summed E-state index contributed by atoms with van der Waals surface area (Å²) < 4.78 is 0. The Morgan fingerprint density at radius 2 is 2.25 bits per heavy atom. The molecule has 1 aromatic heterocycles. The molecule has 0 saturated heterocycles. The molecule has 0 unspecified atom stereocenters. The van der Waals surface area contributed by atoms with Crippen LogP contribution in [0.25, 0.3) is 0 Å². The number of benzene rings is 1. The largest absolute Gasteiger partial charge is 0.399 e. The number of fused-ring (bicyclic) bond motifs is 1. The van der Waals surface area contributed by atoms with E-state index in [4.69, 9.17) is 5.73 Å². The fourth-order valence-electron chi connectivity index (χ4n) is 2.75. The molecule has 1 amide bonds. The number of rotatable bonds is 2. The summed E-state index contributed by atoms with van der Waals surface area (Å²) in [6.07, 6.45) is 2.89. The number of carbonyl (C=O) groups is 1. The minimum absolute atomic E-state index is 0.127. The highest BCUT2D eigenvalue weighted by Crippen LogP contribution is 2.31. The van der Waals surface area contributed by atoms with Crippen molar-refractivity contribution in [1.82, 2.24) is 0 Å². The van der Waals surface area contributed by atoms with Crippen molar-refractivity contribution in [2.75, 3.05) is 17.2 Å². The molecule has 1 aromatic carbocycles. The standard InChI is InChI=1S/C16H18N2OS/c1-2-11-7-9-20-15(11)16(19)18-8-3-4-12-10-13(17)5-6-14(12)18/h5-7,9-10H,2-4,8,17H2,1H3. The van der Waals surface area contributed by atoms with E-state index in [1.807, 2.05) is 34.5 Å². The maximum absolute atomic E-state index is 12.8. The van der Waals surface area contributed by atoms with Gasteiger partial charge in [-0.1, -0.05) is 6.92 Å². The van der Waals surface area contributed by atoms with Crippen LogP contribution in [0.5, 0.6) is 0 Å². The lowest BCUT2D eigenvalue weighted by atomic mass is 10.0. The lowest BCUT2D eigenvalue weighted by Gasteiger charge is -2.29. The third kappa shape index (κ3) is 2.20. The number of amides is 1. The van der Waals surface area contributed by atoms with E-state index in [9.17, 15) is 4.79 Å². The average Bonchev–Trinajstić information content (AvgIpc) is 2.94. The van der Waals surface area contributed by atoms with E-state index in [1.165, 1.54) is 16.9 Å². The molecule has 0 spiro atoms. The molecule has 4 heteroatoms. The Hall–Kier alpha value is -1.81. The number of nitrogens with two attached hydrogens (primary N) is 1. The Labute approximate surface area is 123 Å². The van der Waals surface area contributed by atoms with E-state index in [1.54, 1.807) is 0 Å². The van der Waals surface area contributed by atoms with Crippen molar-refractivity contribution < 1.29 is 4.79 Å². The van der Waals surface area contributed by atoms with Crippen LogP contribution in [-0.4, -0.2) is 12.5 Å². The summed E-state index contributed by atoms with van der Waals surface area (Å²) in [4.78, 5) is 15.6. The number of hydrogen-bond acceptors (Lipinski definition) is 3. The number of hydrogen-bond donors (Lipinski definition) is 1. The van der Waals surface area contributed by atoms with Gasteiger partial charge in [-0.2, -0.15) is 0 Å². The molecule has 20 heavy (non-hydrogen) atoms. The summed E-state index contributed by atoms with van der Waals surface area (Å²) >= 11 is 1.54. The van der Waals surface area contributed by atoms with Crippen LogP contribution in [0.4, 0.5) is 11.4 Å². The summed E-state index contributed by atoms with van der Waals surface area (Å²) in [5, 5.41) is 2.00. The molecule has 2 aromatic rings. The highest BCUT2D eigenvalue weighted by Gasteiger charge is 2.25. The van der Waals surface area contributed by atoms with Crippen LogP contribution in [0.3, 0.4) is 0 Å². The van der Waals surface area contributed by atoms with E-state index >= 15 is 0 Å². The van der Waals surface area contributed by atoms with Crippen molar-refractivity contribution in [3.05, 3.63) is 45.6 Å². The van der Waals surface area contributed by atoms with Gasteiger partial charge in [-0.3, -0.25) is 4.79 Å². The van der Waals surface area contributed by atoms with E-state index in [0.29, 0.717) is 0 Å². The van der Waals surface area contributed by atoms with Crippen LogP contribution < -0.4 is 10.6 Å². The van der Waals surface area contributed by atoms with Gasteiger partial charge in [0.1, 0.15) is 0 Å². The van der Waals surface area contributed by atoms with Crippen LogP contribution in [0.2, 0.25) is 0 Å². The van der Waals surface area contributed by atoms with Crippen LogP contribution >= 0.6 is 11.3 Å². The van der Waals surface area contributed by atoms with Gasteiger partial charge in [-0.05, 0) is 60.0 Å². The topological polar surface area (TPSA) is 46.3 Å². The van der Waals surface area contributed by atoms with Crippen LogP contribution in [0, 0.1) is 0 Å². The van der Waals surface area contributed by atoms with E-state index in [0.717, 1.165) is 47.6 Å². The van der Waals surface area contributed by atoms with Crippen molar-refractivity contribution in [1.29, 1.82) is 0 Å². The number of thiophene rings is 1. The second-order valence-electron chi connectivity index (χ2n) is 5.08. The number of aryl methyl sites for hydroxylation is 2. The summed E-state index contributed by atoms with van der Waals surface area (Å²) in [6, 6.07) is 7.89. The Balaban J connectivity index is 1.98. The monoisotopic (exact) mass is 286 g/mol. The molecule has 0 aliphatic carbocycles. The first-order chi connectivity index (χ1) is 9.70. The van der Waals surface area contributed by atoms with Crippen molar-refractivity contribution in [3.8, 4) is 0 Å². The van der Waals surface area contributed by atoms with Crippen molar-refractivity contribution in [2.24, 2.45) is 0 Å². The van der Waals surface area contributed by atoms with Gasteiger partial charge in [-0.25, -0.2) is 0 Å². The van der Waals surface area contributed by atoms with Crippen LogP contribution in [0.15, 0.2) is 29.6 Å². The third-order valence-electron chi connectivity index (χ3n) is 3.79. The van der Waals surface area contributed by atoms with Crippen molar-refractivity contribution >= 4 is 28.6 Å². The predicted molar refractivity (Wildman–Crippen MR) is 84.5 cm³/mol. The van der Waals surface area contributed by atoms with Crippen molar-refractivity contribution in [3.63, 3.8) is 0 Å². The van der Waals surface area contributed by atoms with E-state index < -0.39 is 0 Å². The summed E-state index contributed by atoms with van der Waals surface area (Å²) in [5.41, 5.74) is 9.95. The summed E-state index contributed by atoms with van der Waals surface area (Å²) in [5.74, 6) is 0.127. The lowest BCUT2D eigenvalue weighted by Crippen LogP contribution is -2.35. The van der Waals surface area contributed by atoms with Gasteiger partial charge in [0.05, 0.1) is 4.88 Å². The molecule has 3 rings (SSSR count). The zero-order chi connectivity index (χ0) is 14.1. The molecule has 3 nitrogen and oxygen atoms in total. The zero-order valence-corrected chi connectivity index (χ0v) is 12.4. The minimum atomic E-state index is 0.127. The van der Waals surface area contributed by atoms with Crippen molar-refractivity contribution in [2.45, 2.75) is 26.2 Å². The molecule has 0 bridgehead atoms. The van der Waals surface area contributed by atoms with Gasteiger partial charge in [0.2, 0.25) is 0 Å². The molecular weight excluding hydrogens is 268 g/mol. The normalized spacial score (nSPS) is 14.2. The minimum Gasteiger partial charge on any atom is -0.399 e. The second-order valence-corrected chi connectivity index (χ2v) is 5.99. The highest BCUT2D eigenvalue weighted by atomic mass is 32.1. The maximum Gasteiger partial charge on any atom is 0.268 e. The number of nitrogens with zero attached hydrogens (tertiary/aromatic N) is 1. The molecule has 0 atom stereocenters. The van der Waals surface area contributed by atoms with Gasteiger partial charge in [0, 0.05) is 17.9 Å². The molecule has 0 saturated carbocycles. The molecule has 1 aliphatic heterocycles. The zero-order valence-electron chi connectivity index (χ0n) is 11.6. The Bertz CT molecular complexity index is 648. The van der Waals surface area contributed by atoms with E-state index in [-0.39, 0.29) is 5.91 Å². The lowest BCUT2D eigenvalue weighted by molar-refractivity contribution is 0.0988. The Kier molecular flexibility index (Phi) is 3.49. The molecular formula is C16H18N2OS. The average molecular weight is 286 g/mol. The molecule has 0 fully saturated rings. The molecule has 1 aliphatic rings. The molecule has 104 valence electrons.